The molecule has 8 heteroatoms. The summed E-state index contributed by atoms with van der Waals surface area (Å²) in [7, 11) is 1.83. The van der Waals surface area contributed by atoms with Gasteiger partial charge in [0.2, 0.25) is 0 Å². The first-order valence-electron chi connectivity index (χ1n) is 10.8. The maximum absolute atomic E-state index is 13.0. The van der Waals surface area contributed by atoms with E-state index in [4.69, 9.17) is 27.9 Å². The fraction of sp³-hybridized carbons (Fsp3) is 0.269. The Bertz CT molecular complexity index is 1330. The summed E-state index contributed by atoms with van der Waals surface area (Å²) in [6, 6.07) is 16.4. The zero-order valence-corrected chi connectivity index (χ0v) is 20.8. The van der Waals surface area contributed by atoms with Crippen LogP contribution in [0.15, 0.2) is 75.0 Å². The molecule has 1 aliphatic rings. The number of para-hydroxylation sites is 1. The molecule has 0 aliphatic heterocycles. The Kier molecular flexibility index (Phi) is 6.56. The van der Waals surface area contributed by atoms with E-state index in [1.54, 1.807) is 45.9 Å². The van der Waals surface area contributed by atoms with Crippen LogP contribution in [0, 0.1) is 24.2 Å². The molecule has 0 saturated heterocycles. The summed E-state index contributed by atoms with van der Waals surface area (Å²) in [5.41, 5.74) is 2.23. The molecule has 0 amide bonds. The minimum Gasteiger partial charge on any atom is -0.426 e. The van der Waals surface area contributed by atoms with Crippen molar-refractivity contribution in [2.45, 2.75) is 20.8 Å². The summed E-state index contributed by atoms with van der Waals surface area (Å²) in [6.45, 7) is 5.82. The molecule has 4 rings (SSSR count). The van der Waals surface area contributed by atoms with Gasteiger partial charge in [-0.2, -0.15) is 0 Å². The molecule has 1 saturated carbocycles. The Labute approximate surface area is 208 Å². The zero-order valence-electron chi connectivity index (χ0n) is 19.3. The van der Waals surface area contributed by atoms with Crippen molar-refractivity contribution >= 4 is 41.1 Å². The first kappa shape index (κ1) is 24.0. The second kappa shape index (κ2) is 9.28. The lowest BCUT2D eigenvalue weighted by atomic mass is 10.1. The molecule has 1 aliphatic carbocycles. The highest BCUT2D eigenvalue weighted by Gasteiger charge is 2.61. The quantitative estimate of drug-likeness (QED) is 0.248. The van der Waals surface area contributed by atoms with Gasteiger partial charge in [0.1, 0.15) is 10.2 Å². The third-order valence-electron chi connectivity index (χ3n) is 6.44. The number of halogens is 2. The van der Waals surface area contributed by atoms with Gasteiger partial charge in [0.25, 0.3) is 5.56 Å². The maximum Gasteiger partial charge on any atom is 0.315 e. The molecule has 0 unspecified atom stereocenters. The van der Waals surface area contributed by atoms with E-state index in [9.17, 15) is 9.59 Å². The molecule has 0 spiro atoms. The van der Waals surface area contributed by atoms with E-state index in [-0.39, 0.29) is 33.3 Å². The predicted molar refractivity (Wildman–Crippen MR) is 136 cm³/mol. The number of benzene rings is 2. The lowest BCUT2D eigenvalue weighted by Gasteiger charge is -2.07. The highest BCUT2D eigenvalue weighted by molar-refractivity contribution is 6.55. The maximum atomic E-state index is 13.0. The van der Waals surface area contributed by atoms with E-state index in [2.05, 4.69) is 4.99 Å². The Hall–Kier alpha value is -3.09. The number of aromatic nitrogens is 2. The molecule has 34 heavy (non-hydrogen) atoms. The van der Waals surface area contributed by atoms with Crippen molar-refractivity contribution in [3.8, 4) is 11.4 Å². The zero-order chi connectivity index (χ0) is 24.6. The third-order valence-corrected chi connectivity index (χ3v) is 6.69. The van der Waals surface area contributed by atoms with E-state index in [1.165, 1.54) is 0 Å². The van der Waals surface area contributed by atoms with Gasteiger partial charge >= 0.3 is 5.97 Å². The van der Waals surface area contributed by atoms with Crippen molar-refractivity contribution < 1.29 is 9.53 Å². The van der Waals surface area contributed by atoms with E-state index in [0.717, 1.165) is 16.9 Å². The Morgan fingerprint density at radius 3 is 2.35 bits per heavy atom. The fourth-order valence-corrected chi connectivity index (χ4v) is 4.49. The number of hydrogen-bond acceptors (Lipinski definition) is 4. The first-order valence-corrected chi connectivity index (χ1v) is 11.6. The van der Waals surface area contributed by atoms with Crippen LogP contribution in [0.1, 0.15) is 25.1 Å². The van der Waals surface area contributed by atoms with Crippen LogP contribution in [0.3, 0.4) is 0 Å². The Morgan fingerprint density at radius 2 is 1.74 bits per heavy atom. The lowest BCUT2D eigenvalue weighted by Crippen LogP contribution is -2.19. The summed E-state index contributed by atoms with van der Waals surface area (Å²) in [5.74, 6) is -0.227. The van der Waals surface area contributed by atoms with Gasteiger partial charge in [0.05, 0.1) is 17.3 Å². The second-order valence-corrected chi connectivity index (χ2v) is 9.95. The minimum atomic E-state index is -0.316. The van der Waals surface area contributed by atoms with Crippen molar-refractivity contribution in [1.29, 1.82) is 0 Å². The van der Waals surface area contributed by atoms with Gasteiger partial charge in [-0.05, 0) is 66.3 Å². The molecule has 176 valence electrons. The number of nitrogens with zero attached hydrogens (tertiary/aromatic N) is 3. The third kappa shape index (κ3) is 4.61. The average molecular weight is 498 g/mol. The standard InChI is InChI=1S/C26H25Cl2N3O3/c1-16-23(24(32)31(30(16)4)18-8-6-5-7-9-18)29-15-17-10-12-19(13-11-17)34-25(33)22-20(14-21(27)28)26(22,2)3/h5-15,20,22H,1-4H3/t20-,22+/m0/s1. The number of hydrogen-bond donors (Lipinski definition) is 0. The number of carbonyl (C=O) groups is 1. The van der Waals surface area contributed by atoms with Crippen molar-refractivity contribution in [3.05, 3.63) is 86.8 Å². The summed E-state index contributed by atoms with van der Waals surface area (Å²) in [5, 5.41) is 0. The number of esters is 1. The van der Waals surface area contributed by atoms with Gasteiger partial charge in [0, 0.05) is 13.3 Å². The summed E-state index contributed by atoms with van der Waals surface area (Å²) in [4.78, 5) is 30.0. The van der Waals surface area contributed by atoms with Gasteiger partial charge in [-0.1, -0.05) is 55.2 Å². The number of ether oxygens (including phenoxy) is 1. The van der Waals surface area contributed by atoms with Crippen LogP contribution in [0.25, 0.3) is 5.69 Å². The van der Waals surface area contributed by atoms with Gasteiger partial charge in [-0.15, -0.1) is 0 Å². The highest BCUT2D eigenvalue weighted by atomic mass is 35.5. The van der Waals surface area contributed by atoms with Gasteiger partial charge in [-0.25, -0.2) is 9.67 Å². The van der Waals surface area contributed by atoms with Crippen LogP contribution in [-0.4, -0.2) is 21.5 Å². The van der Waals surface area contributed by atoms with Crippen LogP contribution in [0.5, 0.6) is 5.75 Å². The molecule has 3 aromatic rings. The Balaban J connectivity index is 1.48. The van der Waals surface area contributed by atoms with Gasteiger partial charge in [0.15, 0.2) is 5.69 Å². The Morgan fingerprint density at radius 1 is 1.09 bits per heavy atom. The summed E-state index contributed by atoms with van der Waals surface area (Å²) in [6.07, 6.45) is 3.31. The van der Waals surface area contributed by atoms with Crippen LogP contribution in [0.2, 0.25) is 0 Å². The van der Waals surface area contributed by atoms with Crippen LogP contribution in [-0.2, 0) is 11.8 Å². The molecule has 0 radical (unpaired) electrons. The molecule has 1 aromatic heterocycles. The largest absolute Gasteiger partial charge is 0.426 e. The van der Waals surface area contributed by atoms with Crippen molar-refractivity contribution in [1.82, 2.24) is 9.36 Å². The molecule has 1 fully saturated rings. The predicted octanol–water partition coefficient (Wildman–Crippen LogP) is 5.73. The van der Waals surface area contributed by atoms with Crippen LogP contribution < -0.4 is 10.3 Å². The first-order chi connectivity index (χ1) is 16.1. The minimum absolute atomic E-state index is 0.0505. The van der Waals surface area contributed by atoms with E-state index in [1.807, 2.05) is 58.2 Å². The van der Waals surface area contributed by atoms with Gasteiger partial charge in [-0.3, -0.25) is 14.3 Å². The van der Waals surface area contributed by atoms with E-state index < -0.39 is 0 Å². The van der Waals surface area contributed by atoms with Crippen LogP contribution >= 0.6 is 23.2 Å². The topological polar surface area (TPSA) is 65.6 Å². The number of aliphatic imine (C=N–C) groups is 1. The highest BCUT2D eigenvalue weighted by Crippen LogP contribution is 2.60. The molecule has 0 bridgehead atoms. The molecule has 2 atom stereocenters. The second-order valence-electron chi connectivity index (χ2n) is 8.94. The van der Waals surface area contributed by atoms with E-state index >= 15 is 0 Å². The number of carbonyl (C=O) groups excluding carboxylic acids is 1. The molecule has 1 heterocycles. The number of rotatable bonds is 6. The van der Waals surface area contributed by atoms with Crippen LogP contribution in [0.4, 0.5) is 5.69 Å². The molecular formula is C26H25Cl2N3O3. The lowest BCUT2D eigenvalue weighted by molar-refractivity contribution is -0.136. The van der Waals surface area contributed by atoms with Crippen molar-refractivity contribution in [2.24, 2.45) is 29.3 Å². The summed E-state index contributed by atoms with van der Waals surface area (Å²) >= 11 is 11.5. The monoisotopic (exact) mass is 497 g/mol. The molecule has 0 N–H and O–H groups in total. The van der Waals surface area contributed by atoms with E-state index in [0.29, 0.717) is 11.4 Å². The smallest absolute Gasteiger partial charge is 0.315 e. The van der Waals surface area contributed by atoms with Crippen molar-refractivity contribution in [3.63, 3.8) is 0 Å². The van der Waals surface area contributed by atoms with Gasteiger partial charge < -0.3 is 4.74 Å². The SMILES string of the molecule is Cc1c(N=Cc2ccc(OC(=O)[C@H]3[C@H](C=C(Cl)Cl)C3(C)C)cc2)c(=O)n(-c2ccccc2)n1C. The molecule has 6 nitrogen and oxygen atoms in total. The number of allylic oxidation sites excluding steroid dienone is 1. The average Bonchev–Trinajstić information content (AvgIpc) is 3.25. The fourth-order valence-electron chi connectivity index (χ4n) is 4.22. The molecular weight excluding hydrogens is 473 g/mol. The normalized spacial score (nSPS) is 18.6. The molecule has 2 aromatic carbocycles. The van der Waals surface area contributed by atoms with Crippen molar-refractivity contribution in [2.75, 3.05) is 0 Å². The summed E-state index contributed by atoms with van der Waals surface area (Å²) < 4.78 is 9.08.